The summed E-state index contributed by atoms with van der Waals surface area (Å²) in [7, 11) is 0. The van der Waals surface area contributed by atoms with Gasteiger partial charge >= 0.3 is 6.18 Å². The van der Waals surface area contributed by atoms with E-state index in [1.807, 2.05) is 0 Å². The van der Waals surface area contributed by atoms with Crippen LogP contribution in [0.1, 0.15) is 22.6 Å². The van der Waals surface area contributed by atoms with Gasteiger partial charge in [0.2, 0.25) is 0 Å². The molecular weight excluding hydrogens is 273 g/mol. The number of nitrogen functional groups attached to an aromatic ring is 1. The number of nitrogens with zero attached hydrogens (tertiary/aromatic N) is 1. The van der Waals surface area contributed by atoms with Crippen LogP contribution in [0, 0.1) is 13.8 Å². The fraction of sp³-hybridized carbons (Fsp3) is 0.308. The molecule has 0 bridgehead atoms. The Morgan fingerprint density at radius 2 is 2.00 bits per heavy atom. The van der Waals surface area contributed by atoms with Crippen molar-refractivity contribution in [2.24, 2.45) is 0 Å². The first-order chi connectivity index (χ1) is 9.29. The molecule has 1 heterocycles. The van der Waals surface area contributed by atoms with E-state index in [2.05, 4.69) is 5.16 Å². The molecule has 7 heteroatoms. The Bertz CT molecular complexity index is 601. The van der Waals surface area contributed by atoms with Crippen LogP contribution in [0.25, 0.3) is 0 Å². The van der Waals surface area contributed by atoms with Crippen LogP contribution in [-0.2, 0) is 12.8 Å². The number of hydrogen-bond acceptors (Lipinski definition) is 4. The second-order valence-electron chi connectivity index (χ2n) is 4.34. The summed E-state index contributed by atoms with van der Waals surface area (Å²) in [6.45, 7) is 3.62. The molecule has 0 spiro atoms. The third-order valence-electron chi connectivity index (χ3n) is 2.89. The minimum atomic E-state index is -4.42. The number of ether oxygens (including phenoxy) is 1. The van der Waals surface area contributed by atoms with Crippen LogP contribution in [0.2, 0.25) is 0 Å². The number of aromatic nitrogens is 1. The molecule has 20 heavy (non-hydrogen) atoms. The highest BCUT2D eigenvalue weighted by Gasteiger charge is 2.30. The zero-order chi connectivity index (χ0) is 14.9. The van der Waals surface area contributed by atoms with Gasteiger partial charge in [0.1, 0.15) is 18.1 Å². The predicted octanol–water partition coefficient (Wildman–Crippen LogP) is 3.47. The standard InChI is InChI=1S/C13H13F3N2O2/c1-7-10(8(2)20-18-7)6-19-12-4-3-9(5-11(12)17)13(14,15)16/h3-5H,6,17H2,1-2H3. The number of anilines is 1. The summed E-state index contributed by atoms with van der Waals surface area (Å²) in [5, 5.41) is 3.76. The second kappa shape index (κ2) is 5.07. The van der Waals surface area contributed by atoms with Gasteiger partial charge in [-0.25, -0.2) is 0 Å². The third-order valence-corrected chi connectivity index (χ3v) is 2.89. The molecule has 0 amide bonds. The normalized spacial score (nSPS) is 11.7. The molecule has 2 rings (SSSR count). The summed E-state index contributed by atoms with van der Waals surface area (Å²) in [6, 6.07) is 2.98. The average molecular weight is 286 g/mol. The van der Waals surface area contributed by atoms with Crippen LogP contribution in [0.15, 0.2) is 22.7 Å². The SMILES string of the molecule is Cc1noc(C)c1COc1ccc(C(F)(F)F)cc1N. The molecule has 108 valence electrons. The maximum Gasteiger partial charge on any atom is 0.416 e. The van der Waals surface area contributed by atoms with E-state index in [1.54, 1.807) is 13.8 Å². The minimum Gasteiger partial charge on any atom is -0.487 e. The third kappa shape index (κ3) is 2.87. The Hall–Kier alpha value is -2.18. The minimum absolute atomic E-state index is 0.0633. The van der Waals surface area contributed by atoms with E-state index in [9.17, 15) is 13.2 Å². The maximum absolute atomic E-state index is 12.5. The summed E-state index contributed by atoms with van der Waals surface area (Å²) in [5.41, 5.74) is 6.13. The van der Waals surface area contributed by atoms with Crippen LogP contribution in [0.4, 0.5) is 18.9 Å². The number of benzene rings is 1. The monoisotopic (exact) mass is 286 g/mol. The van der Waals surface area contributed by atoms with E-state index in [0.717, 1.165) is 17.7 Å². The molecule has 1 aromatic carbocycles. The first kappa shape index (κ1) is 14.2. The van der Waals surface area contributed by atoms with Gasteiger partial charge in [-0.05, 0) is 32.0 Å². The quantitative estimate of drug-likeness (QED) is 0.878. The van der Waals surface area contributed by atoms with Gasteiger partial charge in [-0.15, -0.1) is 0 Å². The van der Waals surface area contributed by atoms with Gasteiger partial charge in [-0.1, -0.05) is 5.16 Å². The summed E-state index contributed by atoms with van der Waals surface area (Å²) in [6.07, 6.45) is -4.42. The number of halogens is 3. The van der Waals surface area contributed by atoms with Crippen molar-refractivity contribution in [3.05, 3.63) is 40.8 Å². The Balaban J connectivity index is 2.15. The van der Waals surface area contributed by atoms with Gasteiger partial charge in [0, 0.05) is 0 Å². The first-order valence-corrected chi connectivity index (χ1v) is 5.80. The molecule has 0 atom stereocenters. The Morgan fingerprint density at radius 3 is 2.50 bits per heavy atom. The molecule has 0 radical (unpaired) electrons. The lowest BCUT2D eigenvalue weighted by atomic mass is 10.2. The van der Waals surface area contributed by atoms with Gasteiger partial charge < -0.3 is 15.0 Å². The highest BCUT2D eigenvalue weighted by atomic mass is 19.4. The lowest BCUT2D eigenvalue weighted by molar-refractivity contribution is -0.137. The van der Waals surface area contributed by atoms with Crippen molar-refractivity contribution in [2.45, 2.75) is 26.6 Å². The summed E-state index contributed by atoms with van der Waals surface area (Å²) >= 11 is 0. The Morgan fingerprint density at radius 1 is 1.30 bits per heavy atom. The van der Waals surface area contributed by atoms with E-state index in [0.29, 0.717) is 11.5 Å². The van der Waals surface area contributed by atoms with Gasteiger partial charge in [0.05, 0.1) is 22.5 Å². The molecule has 0 unspecified atom stereocenters. The van der Waals surface area contributed by atoms with Crippen LogP contribution in [-0.4, -0.2) is 5.16 Å². The van der Waals surface area contributed by atoms with Crippen molar-refractivity contribution >= 4 is 5.69 Å². The predicted molar refractivity (Wildman–Crippen MR) is 66.2 cm³/mol. The summed E-state index contributed by atoms with van der Waals surface area (Å²) < 4.78 is 47.9. The molecular formula is C13H13F3N2O2. The Labute approximate surface area is 113 Å². The van der Waals surface area contributed by atoms with Crippen molar-refractivity contribution in [1.82, 2.24) is 5.16 Å². The zero-order valence-corrected chi connectivity index (χ0v) is 10.9. The molecule has 0 aliphatic carbocycles. The molecule has 0 aliphatic heterocycles. The smallest absolute Gasteiger partial charge is 0.416 e. The number of aryl methyl sites for hydroxylation is 2. The molecule has 4 nitrogen and oxygen atoms in total. The Kier molecular flexibility index (Phi) is 3.61. The van der Waals surface area contributed by atoms with Crippen molar-refractivity contribution < 1.29 is 22.4 Å². The lowest BCUT2D eigenvalue weighted by Crippen LogP contribution is -2.07. The van der Waals surface area contributed by atoms with E-state index in [1.165, 1.54) is 6.07 Å². The van der Waals surface area contributed by atoms with E-state index in [4.69, 9.17) is 15.0 Å². The van der Waals surface area contributed by atoms with E-state index in [-0.39, 0.29) is 18.0 Å². The molecule has 2 aromatic rings. The summed E-state index contributed by atoms with van der Waals surface area (Å²) in [4.78, 5) is 0. The fourth-order valence-electron chi connectivity index (χ4n) is 1.71. The first-order valence-electron chi connectivity index (χ1n) is 5.80. The second-order valence-corrected chi connectivity index (χ2v) is 4.34. The van der Waals surface area contributed by atoms with Crippen molar-refractivity contribution in [3.8, 4) is 5.75 Å². The highest BCUT2D eigenvalue weighted by molar-refractivity contribution is 5.54. The van der Waals surface area contributed by atoms with Gasteiger partial charge in [0.25, 0.3) is 0 Å². The lowest BCUT2D eigenvalue weighted by Gasteiger charge is -2.12. The largest absolute Gasteiger partial charge is 0.487 e. The topological polar surface area (TPSA) is 61.3 Å². The molecule has 0 aliphatic rings. The van der Waals surface area contributed by atoms with Crippen molar-refractivity contribution in [3.63, 3.8) is 0 Å². The molecule has 0 saturated heterocycles. The van der Waals surface area contributed by atoms with E-state index >= 15 is 0 Å². The van der Waals surface area contributed by atoms with Gasteiger partial charge in [-0.3, -0.25) is 0 Å². The number of rotatable bonds is 3. The average Bonchev–Trinajstić information content (AvgIpc) is 2.67. The molecule has 0 saturated carbocycles. The maximum atomic E-state index is 12.5. The van der Waals surface area contributed by atoms with E-state index < -0.39 is 11.7 Å². The van der Waals surface area contributed by atoms with Crippen molar-refractivity contribution in [2.75, 3.05) is 5.73 Å². The van der Waals surface area contributed by atoms with Crippen molar-refractivity contribution in [1.29, 1.82) is 0 Å². The number of hydrogen-bond donors (Lipinski definition) is 1. The van der Waals surface area contributed by atoms with Crippen LogP contribution >= 0.6 is 0 Å². The fourth-order valence-corrected chi connectivity index (χ4v) is 1.71. The highest BCUT2D eigenvalue weighted by Crippen LogP contribution is 2.34. The van der Waals surface area contributed by atoms with Crippen LogP contribution in [0.5, 0.6) is 5.75 Å². The number of nitrogens with two attached hydrogens (primary N) is 1. The molecule has 2 N–H and O–H groups in total. The van der Waals surface area contributed by atoms with Gasteiger partial charge in [0.15, 0.2) is 0 Å². The van der Waals surface area contributed by atoms with Crippen LogP contribution in [0.3, 0.4) is 0 Å². The molecule has 1 aromatic heterocycles. The molecule has 0 fully saturated rings. The van der Waals surface area contributed by atoms with Crippen LogP contribution < -0.4 is 10.5 Å². The zero-order valence-electron chi connectivity index (χ0n) is 10.9. The number of alkyl halides is 3. The summed E-state index contributed by atoms with van der Waals surface area (Å²) in [5.74, 6) is 0.797. The van der Waals surface area contributed by atoms with Gasteiger partial charge in [-0.2, -0.15) is 13.2 Å².